The second-order valence-electron chi connectivity index (χ2n) is 7.44. The van der Waals surface area contributed by atoms with E-state index in [9.17, 15) is 9.90 Å². The van der Waals surface area contributed by atoms with Crippen LogP contribution in [0.25, 0.3) is 0 Å². The predicted molar refractivity (Wildman–Crippen MR) is 109 cm³/mol. The van der Waals surface area contributed by atoms with Crippen molar-refractivity contribution in [3.05, 3.63) is 63.9 Å². The Bertz CT molecular complexity index is 774. The third-order valence-corrected chi connectivity index (χ3v) is 4.54. The van der Waals surface area contributed by atoms with Crippen LogP contribution in [0.1, 0.15) is 50.7 Å². The molecule has 6 heteroatoms. The van der Waals surface area contributed by atoms with E-state index in [0.717, 1.165) is 15.7 Å². The smallest absolute Gasteiger partial charge is 0.410 e. The Morgan fingerprint density at radius 1 is 1.26 bits per heavy atom. The van der Waals surface area contributed by atoms with Gasteiger partial charge < -0.3 is 9.84 Å². The number of aliphatic hydroxyl groups is 1. The van der Waals surface area contributed by atoms with Gasteiger partial charge in [-0.05, 0) is 63.9 Å². The molecule has 0 saturated heterocycles. The van der Waals surface area contributed by atoms with Crippen molar-refractivity contribution in [3.8, 4) is 0 Å². The number of aromatic nitrogens is 1. The van der Waals surface area contributed by atoms with E-state index in [1.165, 1.54) is 0 Å². The number of rotatable bonds is 6. The molecule has 0 spiro atoms. The minimum atomic E-state index is -0.578. The van der Waals surface area contributed by atoms with Gasteiger partial charge in [-0.2, -0.15) is 0 Å². The van der Waals surface area contributed by atoms with Crippen molar-refractivity contribution in [1.29, 1.82) is 0 Å². The van der Waals surface area contributed by atoms with Crippen molar-refractivity contribution in [2.75, 3.05) is 6.54 Å². The first-order chi connectivity index (χ1) is 12.7. The van der Waals surface area contributed by atoms with E-state index < -0.39 is 5.60 Å². The van der Waals surface area contributed by atoms with Crippen LogP contribution in [0.15, 0.2) is 46.9 Å². The lowest BCUT2D eigenvalue weighted by atomic mass is 10.1. The molecule has 1 aromatic carbocycles. The highest BCUT2D eigenvalue weighted by Gasteiger charge is 2.27. The molecule has 146 valence electrons. The summed E-state index contributed by atoms with van der Waals surface area (Å²) >= 11 is 3.48. The van der Waals surface area contributed by atoms with Gasteiger partial charge in [0.05, 0.1) is 24.0 Å². The number of amides is 1. The molecule has 0 aliphatic carbocycles. The Hall–Kier alpha value is -1.92. The Kier molecular flexibility index (Phi) is 7.39. The quantitative estimate of drug-likeness (QED) is 0.703. The molecule has 1 atom stereocenters. The second kappa shape index (κ2) is 9.33. The normalized spacial score (nSPS) is 12.5. The summed E-state index contributed by atoms with van der Waals surface area (Å²) < 4.78 is 6.62. The highest BCUT2D eigenvalue weighted by molar-refractivity contribution is 9.10. The number of ether oxygens (including phenoxy) is 1. The zero-order valence-corrected chi connectivity index (χ0v) is 17.9. The van der Waals surface area contributed by atoms with Crippen molar-refractivity contribution >= 4 is 22.0 Å². The number of pyridine rings is 1. The number of carbonyl (C=O) groups excluding carboxylic acids is 1. The lowest BCUT2D eigenvalue weighted by Crippen LogP contribution is -2.40. The number of hydrogen-bond donors (Lipinski definition) is 1. The van der Waals surface area contributed by atoms with E-state index in [-0.39, 0.29) is 18.7 Å². The predicted octanol–water partition coefficient (Wildman–Crippen LogP) is 4.88. The lowest BCUT2D eigenvalue weighted by molar-refractivity contribution is 0.0172. The number of benzene rings is 1. The van der Waals surface area contributed by atoms with Gasteiger partial charge in [-0.15, -0.1) is 0 Å². The average Bonchev–Trinajstić information content (AvgIpc) is 2.60. The van der Waals surface area contributed by atoms with Crippen LogP contribution >= 0.6 is 15.9 Å². The van der Waals surface area contributed by atoms with Gasteiger partial charge in [0.15, 0.2) is 0 Å². The number of carbonyl (C=O) groups is 1. The maximum atomic E-state index is 12.8. The van der Waals surface area contributed by atoms with Gasteiger partial charge in [0.25, 0.3) is 0 Å². The first-order valence-corrected chi connectivity index (χ1v) is 9.79. The molecule has 1 N–H and O–H groups in total. The first kappa shape index (κ1) is 21.4. The zero-order chi connectivity index (χ0) is 20.0. The van der Waals surface area contributed by atoms with E-state index in [0.29, 0.717) is 18.7 Å². The number of aliphatic hydroxyl groups excluding tert-OH is 1. The van der Waals surface area contributed by atoms with E-state index in [1.54, 1.807) is 11.0 Å². The molecule has 0 fully saturated rings. The van der Waals surface area contributed by atoms with Crippen LogP contribution in [0.2, 0.25) is 0 Å². The van der Waals surface area contributed by atoms with Crippen LogP contribution in [-0.4, -0.2) is 33.2 Å². The van der Waals surface area contributed by atoms with Crippen LogP contribution in [-0.2, 0) is 17.8 Å². The third-order valence-electron chi connectivity index (χ3n) is 4.04. The summed E-state index contributed by atoms with van der Waals surface area (Å²) in [5.41, 5.74) is 1.85. The summed E-state index contributed by atoms with van der Waals surface area (Å²) in [7, 11) is 0. The molecular weight excluding hydrogens is 408 g/mol. The Balaban J connectivity index is 2.23. The molecule has 2 rings (SSSR count). The van der Waals surface area contributed by atoms with Crippen molar-refractivity contribution in [1.82, 2.24) is 9.88 Å². The molecule has 0 unspecified atom stereocenters. The third kappa shape index (κ3) is 6.63. The van der Waals surface area contributed by atoms with Gasteiger partial charge in [-0.1, -0.05) is 34.1 Å². The Labute approximate surface area is 169 Å². The highest BCUT2D eigenvalue weighted by Crippen LogP contribution is 2.23. The second-order valence-corrected chi connectivity index (χ2v) is 8.36. The topological polar surface area (TPSA) is 62.7 Å². The maximum absolute atomic E-state index is 12.8. The van der Waals surface area contributed by atoms with Crippen LogP contribution in [0.5, 0.6) is 0 Å². The van der Waals surface area contributed by atoms with Crippen molar-refractivity contribution < 1.29 is 14.6 Å². The summed E-state index contributed by atoms with van der Waals surface area (Å²) in [6, 6.07) is 13.2. The molecule has 0 bridgehead atoms. The monoisotopic (exact) mass is 434 g/mol. The average molecular weight is 435 g/mol. The molecular formula is C21H27BrN2O3. The van der Waals surface area contributed by atoms with Crippen LogP contribution in [0, 0.1) is 0 Å². The van der Waals surface area contributed by atoms with E-state index in [4.69, 9.17) is 4.74 Å². The molecule has 0 aliphatic heterocycles. The molecule has 1 amide bonds. The summed E-state index contributed by atoms with van der Waals surface area (Å²) in [6.45, 7) is 7.85. The Morgan fingerprint density at radius 3 is 2.59 bits per heavy atom. The van der Waals surface area contributed by atoms with Gasteiger partial charge >= 0.3 is 6.09 Å². The highest BCUT2D eigenvalue weighted by atomic mass is 79.9. The molecule has 0 saturated carbocycles. The molecule has 5 nitrogen and oxygen atoms in total. The summed E-state index contributed by atoms with van der Waals surface area (Å²) in [5.74, 6) is 0. The van der Waals surface area contributed by atoms with Gasteiger partial charge in [-0.3, -0.25) is 9.88 Å². The zero-order valence-electron chi connectivity index (χ0n) is 16.3. The maximum Gasteiger partial charge on any atom is 0.410 e. The fourth-order valence-electron chi connectivity index (χ4n) is 2.68. The van der Waals surface area contributed by atoms with E-state index >= 15 is 0 Å². The van der Waals surface area contributed by atoms with Crippen LogP contribution in [0.3, 0.4) is 0 Å². The standard InChI is InChI=1S/C21H27BrN2O3/c1-15(19-10-6-9-18(14-25)23-19)24(20(26)27-21(2,3)4)12-11-16-7-5-8-17(22)13-16/h5-10,13,15,25H,11-12,14H2,1-4H3/t15-/m0/s1. The molecule has 0 aliphatic rings. The molecule has 0 radical (unpaired) electrons. The number of nitrogens with zero attached hydrogens (tertiary/aromatic N) is 2. The van der Waals surface area contributed by atoms with Crippen LogP contribution in [0.4, 0.5) is 4.79 Å². The van der Waals surface area contributed by atoms with Crippen molar-refractivity contribution in [3.63, 3.8) is 0 Å². The molecule has 2 aromatic rings. The molecule has 1 heterocycles. The minimum absolute atomic E-state index is 0.134. The van der Waals surface area contributed by atoms with Gasteiger partial charge in [0.1, 0.15) is 5.60 Å². The molecule has 1 aromatic heterocycles. The van der Waals surface area contributed by atoms with E-state index in [1.807, 2.05) is 64.1 Å². The lowest BCUT2D eigenvalue weighted by Gasteiger charge is -2.31. The van der Waals surface area contributed by atoms with Crippen molar-refractivity contribution in [2.45, 2.75) is 52.4 Å². The minimum Gasteiger partial charge on any atom is -0.444 e. The Morgan fingerprint density at radius 2 is 1.96 bits per heavy atom. The first-order valence-electron chi connectivity index (χ1n) is 9.00. The summed E-state index contributed by atoms with van der Waals surface area (Å²) in [6.07, 6.45) is 0.323. The number of halogens is 1. The largest absolute Gasteiger partial charge is 0.444 e. The SMILES string of the molecule is C[C@@H](c1cccc(CO)n1)N(CCc1cccc(Br)c1)C(=O)OC(C)(C)C. The van der Waals surface area contributed by atoms with Crippen LogP contribution < -0.4 is 0 Å². The van der Waals surface area contributed by atoms with Gasteiger partial charge in [0.2, 0.25) is 0 Å². The van der Waals surface area contributed by atoms with Gasteiger partial charge in [-0.25, -0.2) is 4.79 Å². The number of hydrogen-bond acceptors (Lipinski definition) is 4. The molecule has 27 heavy (non-hydrogen) atoms. The fraction of sp³-hybridized carbons (Fsp3) is 0.429. The summed E-state index contributed by atoms with van der Waals surface area (Å²) in [5, 5.41) is 9.35. The van der Waals surface area contributed by atoms with Crippen molar-refractivity contribution in [2.24, 2.45) is 0 Å². The van der Waals surface area contributed by atoms with E-state index in [2.05, 4.69) is 20.9 Å². The fourth-order valence-corrected chi connectivity index (χ4v) is 3.13. The van der Waals surface area contributed by atoms with Gasteiger partial charge in [0, 0.05) is 11.0 Å². The summed E-state index contributed by atoms with van der Waals surface area (Å²) in [4.78, 5) is 19.0.